The zero-order valence-corrected chi connectivity index (χ0v) is 15.1. The third-order valence-electron chi connectivity index (χ3n) is 5.85. The second-order valence-electron chi connectivity index (χ2n) is 7.72. The van der Waals surface area contributed by atoms with E-state index in [9.17, 15) is 4.79 Å². The van der Waals surface area contributed by atoms with Crippen molar-refractivity contribution in [3.63, 3.8) is 0 Å². The molecule has 3 rings (SSSR count). The van der Waals surface area contributed by atoms with Gasteiger partial charge in [-0.2, -0.15) is 5.10 Å². The molecule has 128 valence electrons. The van der Waals surface area contributed by atoms with Gasteiger partial charge in [0.25, 0.3) is 0 Å². The lowest BCUT2D eigenvalue weighted by Gasteiger charge is -2.36. The average Bonchev–Trinajstić information content (AvgIpc) is 3.30. The highest BCUT2D eigenvalue weighted by atomic mass is 16.2. The first-order chi connectivity index (χ1) is 11.0. The van der Waals surface area contributed by atoms with Crippen LogP contribution in [-0.4, -0.2) is 32.7 Å². The molecule has 4 heteroatoms. The van der Waals surface area contributed by atoms with Crippen molar-refractivity contribution >= 4 is 5.91 Å². The van der Waals surface area contributed by atoms with E-state index in [1.807, 2.05) is 18.7 Å². The number of rotatable bonds is 5. The Labute approximate surface area is 140 Å². The average molecular weight is 317 g/mol. The number of nitrogens with zero attached hydrogens (tertiary/aromatic N) is 3. The maximum atomic E-state index is 12.9. The van der Waals surface area contributed by atoms with Gasteiger partial charge in [0, 0.05) is 31.2 Å². The molecule has 0 N–H and O–H groups in total. The zero-order valence-electron chi connectivity index (χ0n) is 15.1. The minimum absolute atomic E-state index is 0.370. The molecular weight excluding hydrogens is 286 g/mol. The van der Waals surface area contributed by atoms with E-state index < -0.39 is 0 Å². The molecule has 2 fully saturated rings. The SMILES string of the molecule is Cc1nn(C)c(C)c1CCC(=O)N(C1CCC(C)CC1)C1CC1. The lowest BCUT2D eigenvalue weighted by atomic mass is 9.86. The van der Waals surface area contributed by atoms with Crippen molar-refractivity contribution in [2.45, 2.75) is 84.2 Å². The second kappa shape index (κ2) is 6.66. The lowest BCUT2D eigenvalue weighted by Crippen LogP contribution is -2.43. The van der Waals surface area contributed by atoms with E-state index in [-0.39, 0.29) is 0 Å². The van der Waals surface area contributed by atoms with Gasteiger partial charge in [0.2, 0.25) is 5.91 Å². The predicted molar refractivity (Wildman–Crippen MR) is 92.3 cm³/mol. The van der Waals surface area contributed by atoms with Crippen molar-refractivity contribution in [3.8, 4) is 0 Å². The van der Waals surface area contributed by atoms with Gasteiger partial charge in [0.15, 0.2) is 0 Å². The summed E-state index contributed by atoms with van der Waals surface area (Å²) in [6.07, 6.45) is 8.85. The van der Waals surface area contributed by atoms with E-state index in [4.69, 9.17) is 0 Å². The van der Waals surface area contributed by atoms with E-state index in [0.717, 1.165) is 18.0 Å². The standard InChI is InChI=1S/C19H31N3O/c1-13-5-7-16(8-6-13)22(17-9-10-17)19(23)12-11-18-14(2)20-21(4)15(18)3/h13,16-17H,5-12H2,1-4H3. The predicted octanol–water partition coefficient (Wildman–Crippen LogP) is 3.54. The van der Waals surface area contributed by atoms with E-state index in [0.29, 0.717) is 24.4 Å². The van der Waals surface area contributed by atoms with E-state index in [2.05, 4.69) is 23.8 Å². The molecule has 2 aliphatic rings. The van der Waals surface area contributed by atoms with E-state index in [1.54, 1.807) is 0 Å². The number of carbonyl (C=O) groups excluding carboxylic acids is 1. The Balaban J connectivity index is 1.63. The Morgan fingerprint density at radius 2 is 1.70 bits per heavy atom. The molecule has 2 saturated carbocycles. The van der Waals surface area contributed by atoms with Gasteiger partial charge in [0.1, 0.15) is 0 Å². The van der Waals surface area contributed by atoms with Crippen molar-refractivity contribution in [2.75, 3.05) is 0 Å². The molecule has 23 heavy (non-hydrogen) atoms. The summed E-state index contributed by atoms with van der Waals surface area (Å²) in [6, 6.07) is 1.04. The van der Waals surface area contributed by atoms with Gasteiger partial charge in [-0.1, -0.05) is 6.92 Å². The monoisotopic (exact) mass is 317 g/mol. The molecule has 0 aromatic carbocycles. The molecular formula is C19H31N3O. The Kier molecular flexibility index (Phi) is 4.79. The maximum Gasteiger partial charge on any atom is 0.223 e. The van der Waals surface area contributed by atoms with Crippen LogP contribution >= 0.6 is 0 Å². The van der Waals surface area contributed by atoms with Crippen molar-refractivity contribution in [1.82, 2.24) is 14.7 Å². The summed E-state index contributed by atoms with van der Waals surface area (Å²) < 4.78 is 1.93. The Morgan fingerprint density at radius 1 is 1.13 bits per heavy atom. The van der Waals surface area contributed by atoms with Crippen LogP contribution < -0.4 is 0 Å². The largest absolute Gasteiger partial charge is 0.337 e. The van der Waals surface area contributed by atoms with Gasteiger partial charge in [0.05, 0.1) is 5.69 Å². The van der Waals surface area contributed by atoms with Crippen LogP contribution in [0.5, 0.6) is 0 Å². The molecule has 4 nitrogen and oxygen atoms in total. The molecule has 1 heterocycles. The summed E-state index contributed by atoms with van der Waals surface area (Å²) in [6.45, 7) is 6.49. The quantitative estimate of drug-likeness (QED) is 0.833. The summed E-state index contributed by atoms with van der Waals surface area (Å²) in [7, 11) is 1.98. The molecule has 2 aliphatic carbocycles. The number of aromatic nitrogens is 2. The highest BCUT2D eigenvalue weighted by molar-refractivity contribution is 5.77. The van der Waals surface area contributed by atoms with Crippen molar-refractivity contribution < 1.29 is 4.79 Å². The first-order valence-electron chi connectivity index (χ1n) is 9.27. The number of hydrogen-bond acceptors (Lipinski definition) is 2. The molecule has 0 unspecified atom stereocenters. The highest BCUT2D eigenvalue weighted by Crippen LogP contribution is 2.35. The van der Waals surface area contributed by atoms with Gasteiger partial charge >= 0.3 is 0 Å². The van der Waals surface area contributed by atoms with Gasteiger partial charge in [-0.15, -0.1) is 0 Å². The molecule has 0 aliphatic heterocycles. The van der Waals surface area contributed by atoms with Crippen LogP contribution in [0.3, 0.4) is 0 Å². The van der Waals surface area contributed by atoms with Crippen LogP contribution in [0.1, 0.15) is 68.8 Å². The molecule has 1 aromatic rings. The minimum atomic E-state index is 0.370. The first kappa shape index (κ1) is 16.5. The third kappa shape index (κ3) is 3.61. The topological polar surface area (TPSA) is 38.1 Å². The summed E-state index contributed by atoms with van der Waals surface area (Å²) in [5, 5.41) is 4.47. The number of hydrogen-bond donors (Lipinski definition) is 0. The summed E-state index contributed by atoms with van der Waals surface area (Å²) in [4.78, 5) is 15.2. The van der Waals surface area contributed by atoms with Crippen LogP contribution in [0.2, 0.25) is 0 Å². The normalized spacial score (nSPS) is 24.7. The molecule has 1 amide bonds. The number of amides is 1. The van der Waals surface area contributed by atoms with Crippen LogP contribution in [0, 0.1) is 19.8 Å². The Morgan fingerprint density at radius 3 is 2.17 bits per heavy atom. The fourth-order valence-electron chi connectivity index (χ4n) is 4.12. The van der Waals surface area contributed by atoms with Crippen molar-refractivity contribution in [3.05, 3.63) is 17.0 Å². The van der Waals surface area contributed by atoms with Crippen LogP contribution in [0.15, 0.2) is 0 Å². The highest BCUT2D eigenvalue weighted by Gasteiger charge is 2.38. The smallest absolute Gasteiger partial charge is 0.223 e. The van der Waals surface area contributed by atoms with Crippen molar-refractivity contribution in [2.24, 2.45) is 13.0 Å². The first-order valence-corrected chi connectivity index (χ1v) is 9.27. The minimum Gasteiger partial charge on any atom is -0.337 e. The summed E-state index contributed by atoms with van der Waals surface area (Å²) in [5.74, 6) is 1.21. The Hall–Kier alpha value is -1.32. The number of carbonyl (C=O) groups is 1. The van der Waals surface area contributed by atoms with Crippen LogP contribution in [0.25, 0.3) is 0 Å². The van der Waals surface area contributed by atoms with E-state index >= 15 is 0 Å². The Bertz CT molecular complexity index is 565. The second-order valence-corrected chi connectivity index (χ2v) is 7.72. The van der Waals surface area contributed by atoms with Gasteiger partial charge in [-0.25, -0.2) is 0 Å². The van der Waals surface area contributed by atoms with Gasteiger partial charge < -0.3 is 4.90 Å². The molecule has 1 aromatic heterocycles. The number of aryl methyl sites for hydroxylation is 2. The maximum absolute atomic E-state index is 12.9. The molecule has 0 spiro atoms. The van der Waals surface area contributed by atoms with Gasteiger partial charge in [-0.3, -0.25) is 9.48 Å². The van der Waals surface area contributed by atoms with E-state index in [1.165, 1.54) is 49.8 Å². The lowest BCUT2D eigenvalue weighted by molar-refractivity contribution is -0.135. The molecule has 0 radical (unpaired) electrons. The fraction of sp³-hybridized carbons (Fsp3) is 0.789. The molecule has 0 atom stereocenters. The van der Waals surface area contributed by atoms with Gasteiger partial charge in [-0.05, 0) is 70.3 Å². The summed E-state index contributed by atoms with van der Waals surface area (Å²) in [5.41, 5.74) is 3.52. The fourth-order valence-corrected chi connectivity index (χ4v) is 4.12. The van der Waals surface area contributed by atoms with Crippen LogP contribution in [0.4, 0.5) is 0 Å². The van der Waals surface area contributed by atoms with Crippen LogP contribution in [-0.2, 0) is 18.3 Å². The zero-order chi connectivity index (χ0) is 16.6. The third-order valence-corrected chi connectivity index (χ3v) is 5.85. The summed E-state index contributed by atoms with van der Waals surface area (Å²) >= 11 is 0. The molecule has 0 saturated heterocycles. The molecule has 0 bridgehead atoms. The van der Waals surface area contributed by atoms with Crippen molar-refractivity contribution in [1.29, 1.82) is 0 Å².